The number of ether oxygens (including phenoxy) is 1. The van der Waals surface area contributed by atoms with Gasteiger partial charge in [0.1, 0.15) is 18.1 Å². The average molecular weight is 281 g/mol. The molecule has 0 radical (unpaired) electrons. The zero-order valence-corrected chi connectivity index (χ0v) is 14.2. The second-order valence-corrected chi connectivity index (χ2v) is 7.17. The van der Waals surface area contributed by atoms with Crippen LogP contribution in [0.3, 0.4) is 0 Å². The maximum Gasteiger partial charge on any atom is 0.130 e. The van der Waals surface area contributed by atoms with Crippen molar-refractivity contribution in [2.45, 2.75) is 79.7 Å². The summed E-state index contributed by atoms with van der Waals surface area (Å²) >= 11 is 0. The van der Waals surface area contributed by atoms with Crippen LogP contribution in [0, 0.1) is 12.8 Å². The Balaban J connectivity index is 2.48. The Morgan fingerprint density at radius 3 is 2.45 bits per heavy atom. The third-order valence-electron chi connectivity index (χ3n) is 3.16. The predicted octanol–water partition coefficient (Wildman–Crippen LogP) is 4.43. The van der Waals surface area contributed by atoms with Gasteiger partial charge in [-0.15, -0.1) is 0 Å². The molecule has 3 heteroatoms. The van der Waals surface area contributed by atoms with E-state index in [0.29, 0.717) is 12.5 Å². The molecule has 1 N–H and O–H groups in total. The number of aryl methyl sites for hydroxylation is 1. The van der Waals surface area contributed by atoms with Crippen molar-refractivity contribution in [3.63, 3.8) is 0 Å². The molecule has 0 fully saturated rings. The van der Waals surface area contributed by atoms with Gasteiger partial charge in [-0.2, -0.15) is 0 Å². The van der Waals surface area contributed by atoms with Crippen molar-refractivity contribution in [2.75, 3.05) is 0 Å². The van der Waals surface area contributed by atoms with Crippen molar-refractivity contribution in [3.8, 4) is 0 Å². The van der Waals surface area contributed by atoms with Crippen molar-refractivity contribution in [1.82, 2.24) is 5.32 Å². The smallest absolute Gasteiger partial charge is 0.130 e. The molecular weight excluding hydrogens is 250 g/mol. The van der Waals surface area contributed by atoms with E-state index in [1.807, 2.05) is 0 Å². The number of rotatable bonds is 7. The Hall–Kier alpha value is -0.800. The molecule has 1 heterocycles. The van der Waals surface area contributed by atoms with Gasteiger partial charge in [-0.05, 0) is 58.6 Å². The molecule has 1 rings (SSSR count). The summed E-state index contributed by atoms with van der Waals surface area (Å²) < 4.78 is 11.7. The Bertz CT molecular complexity index is 402. The van der Waals surface area contributed by atoms with Crippen molar-refractivity contribution < 1.29 is 9.15 Å². The van der Waals surface area contributed by atoms with E-state index in [2.05, 4.69) is 59.8 Å². The molecule has 1 atom stereocenters. The minimum Gasteiger partial charge on any atom is -0.462 e. The van der Waals surface area contributed by atoms with E-state index in [1.54, 1.807) is 0 Å². The molecule has 0 saturated heterocycles. The quantitative estimate of drug-likeness (QED) is 0.803. The van der Waals surface area contributed by atoms with Crippen LogP contribution in [0.15, 0.2) is 10.5 Å². The zero-order chi connectivity index (χ0) is 15.3. The molecule has 1 aromatic heterocycles. The lowest BCUT2D eigenvalue weighted by Gasteiger charge is -2.19. The van der Waals surface area contributed by atoms with Crippen molar-refractivity contribution in [2.24, 2.45) is 5.92 Å². The highest BCUT2D eigenvalue weighted by Crippen LogP contribution is 2.18. The van der Waals surface area contributed by atoms with Crippen molar-refractivity contribution in [1.29, 1.82) is 0 Å². The second-order valence-electron chi connectivity index (χ2n) is 7.17. The molecule has 0 aliphatic heterocycles. The maximum absolute atomic E-state index is 5.88. The fourth-order valence-corrected chi connectivity index (χ4v) is 2.14. The van der Waals surface area contributed by atoms with Gasteiger partial charge in [0, 0.05) is 5.54 Å². The first kappa shape index (κ1) is 17.3. The first-order valence-electron chi connectivity index (χ1n) is 7.62. The molecule has 0 amide bonds. The minimum absolute atomic E-state index is 0.0989. The van der Waals surface area contributed by atoms with Gasteiger partial charge in [0.15, 0.2) is 0 Å². The molecule has 0 bridgehead atoms. The standard InChI is InChI=1S/C17H31NO2/c1-12(2)8-14(4)19-11-15-9-13(3)16(20-15)10-18-17(5,6)7/h9,12,14,18H,8,10-11H2,1-7H3. The van der Waals surface area contributed by atoms with E-state index in [9.17, 15) is 0 Å². The predicted molar refractivity (Wildman–Crippen MR) is 83.7 cm³/mol. The van der Waals surface area contributed by atoms with E-state index in [4.69, 9.17) is 9.15 Å². The summed E-state index contributed by atoms with van der Waals surface area (Å²) in [6.45, 7) is 16.4. The molecule has 1 aromatic rings. The molecule has 1 unspecified atom stereocenters. The number of nitrogens with one attached hydrogen (secondary N) is 1. The first-order valence-corrected chi connectivity index (χ1v) is 7.62. The molecule has 0 aliphatic rings. The van der Waals surface area contributed by atoms with E-state index >= 15 is 0 Å². The van der Waals surface area contributed by atoms with Crippen molar-refractivity contribution in [3.05, 3.63) is 23.2 Å². The summed E-state index contributed by atoms with van der Waals surface area (Å²) in [5, 5.41) is 3.45. The van der Waals surface area contributed by atoms with Gasteiger partial charge in [0.25, 0.3) is 0 Å². The van der Waals surface area contributed by atoms with Gasteiger partial charge in [-0.1, -0.05) is 13.8 Å². The van der Waals surface area contributed by atoms with Crippen LogP contribution in [0.5, 0.6) is 0 Å². The Morgan fingerprint density at radius 2 is 1.90 bits per heavy atom. The van der Waals surface area contributed by atoms with Crippen molar-refractivity contribution >= 4 is 0 Å². The summed E-state index contributed by atoms with van der Waals surface area (Å²) in [4.78, 5) is 0. The number of hydrogen-bond donors (Lipinski definition) is 1. The molecule has 3 nitrogen and oxygen atoms in total. The third kappa shape index (κ3) is 6.58. The molecule has 0 spiro atoms. The topological polar surface area (TPSA) is 34.4 Å². The molecule has 0 saturated carbocycles. The van der Waals surface area contributed by atoms with Crippen LogP contribution >= 0.6 is 0 Å². The Kier molecular flexibility index (Phi) is 6.28. The van der Waals surface area contributed by atoms with Crippen LogP contribution in [0.4, 0.5) is 0 Å². The fraction of sp³-hybridized carbons (Fsp3) is 0.765. The largest absolute Gasteiger partial charge is 0.462 e. The maximum atomic E-state index is 5.88. The summed E-state index contributed by atoms with van der Waals surface area (Å²) in [5.41, 5.74) is 1.29. The second kappa shape index (κ2) is 7.28. The average Bonchev–Trinajstić information content (AvgIpc) is 2.63. The normalized spacial score (nSPS) is 14.0. The fourth-order valence-electron chi connectivity index (χ4n) is 2.14. The van der Waals surface area contributed by atoms with Gasteiger partial charge >= 0.3 is 0 Å². The van der Waals surface area contributed by atoms with Gasteiger partial charge in [-0.25, -0.2) is 0 Å². The molecular formula is C17H31NO2. The lowest BCUT2D eigenvalue weighted by Crippen LogP contribution is -2.35. The van der Waals surface area contributed by atoms with Crippen LogP contribution < -0.4 is 5.32 Å². The van der Waals surface area contributed by atoms with Gasteiger partial charge in [0.05, 0.1) is 12.6 Å². The summed E-state index contributed by atoms with van der Waals surface area (Å²) in [5.74, 6) is 2.59. The van der Waals surface area contributed by atoms with E-state index in [-0.39, 0.29) is 11.6 Å². The van der Waals surface area contributed by atoms with Crippen LogP contribution in [-0.2, 0) is 17.9 Å². The van der Waals surface area contributed by atoms with Gasteiger partial charge in [-0.3, -0.25) is 0 Å². The SMILES string of the molecule is Cc1cc(COC(C)CC(C)C)oc1CNC(C)(C)C. The first-order chi connectivity index (χ1) is 9.17. The highest BCUT2D eigenvalue weighted by Gasteiger charge is 2.14. The highest BCUT2D eigenvalue weighted by molar-refractivity contribution is 5.19. The zero-order valence-electron chi connectivity index (χ0n) is 14.2. The van der Waals surface area contributed by atoms with E-state index in [0.717, 1.165) is 24.5 Å². The van der Waals surface area contributed by atoms with Gasteiger partial charge in [0.2, 0.25) is 0 Å². The summed E-state index contributed by atoms with van der Waals surface area (Å²) in [7, 11) is 0. The lowest BCUT2D eigenvalue weighted by atomic mass is 10.1. The van der Waals surface area contributed by atoms with Crippen LogP contribution in [0.25, 0.3) is 0 Å². The monoisotopic (exact) mass is 281 g/mol. The lowest BCUT2D eigenvalue weighted by molar-refractivity contribution is 0.0297. The van der Waals surface area contributed by atoms with Crippen LogP contribution in [0.1, 0.15) is 65.0 Å². The molecule has 0 aromatic carbocycles. The highest BCUT2D eigenvalue weighted by atomic mass is 16.5. The Labute approximate surface area is 124 Å². The molecule has 0 aliphatic carbocycles. The van der Waals surface area contributed by atoms with E-state index < -0.39 is 0 Å². The van der Waals surface area contributed by atoms with Gasteiger partial charge < -0.3 is 14.5 Å². The molecule has 116 valence electrons. The molecule has 20 heavy (non-hydrogen) atoms. The number of hydrogen-bond acceptors (Lipinski definition) is 3. The van der Waals surface area contributed by atoms with Crippen LogP contribution in [0.2, 0.25) is 0 Å². The number of furan rings is 1. The summed E-state index contributed by atoms with van der Waals surface area (Å²) in [6, 6.07) is 2.09. The minimum atomic E-state index is 0.0989. The Morgan fingerprint density at radius 1 is 1.25 bits per heavy atom. The summed E-state index contributed by atoms with van der Waals surface area (Å²) in [6.07, 6.45) is 1.36. The van der Waals surface area contributed by atoms with E-state index in [1.165, 1.54) is 5.56 Å². The van der Waals surface area contributed by atoms with Crippen LogP contribution in [-0.4, -0.2) is 11.6 Å². The third-order valence-corrected chi connectivity index (χ3v) is 3.16.